The van der Waals surface area contributed by atoms with Crippen LogP contribution in [0.5, 0.6) is 0 Å². The zero-order valence-electron chi connectivity index (χ0n) is 52.5. The van der Waals surface area contributed by atoms with Gasteiger partial charge in [0.15, 0.2) is 12.4 Å². The maximum absolute atomic E-state index is 13.4. The molecule has 11 nitrogen and oxygen atoms in total. The van der Waals surface area contributed by atoms with E-state index in [4.69, 9.17) is 14.2 Å². The lowest BCUT2D eigenvalue weighted by atomic mass is 9.99. The Kier molecular flexibility index (Phi) is 54.3. The molecule has 0 aromatic rings. The quantitative estimate of drug-likeness (QED) is 0.0195. The third kappa shape index (κ3) is 46.0. The molecule has 6 N–H and O–H groups in total. The Labute approximate surface area is 506 Å². The zero-order chi connectivity index (χ0) is 60.3. The molecule has 1 saturated heterocycles. The molecule has 474 valence electrons. The molecular formula is C72H121NO10. The van der Waals surface area contributed by atoms with Crippen molar-refractivity contribution in [1.29, 1.82) is 0 Å². The number of rotatable bonds is 55. The Bertz CT molecular complexity index is 1810. The van der Waals surface area contributed by atoms with Crippen LogP contribution in [0.3, 0.4) is 0 Å². The molecule has 1 amide bonds. The molecule has 83 heavy (non-hydrogen) atoms. The van der Waals surface area contributed by atoms with Gasteiger partial charge in [0.05, 0.1) is 25.4 Å². The number of ether oxygens (including phenoxy) is 3. The summed E-state index contributed by atoms with van der Waals surface area (Å²) in [4.78, 5) is 26.6. The summed E-state index contributed by atoms with van der Waals surface area (Å²) in [5.41, 5.74) is 0. The van der Waals surface area contributed by atoms with Gasteiger partial charge in [-0.1, -0.05) is 258 Å². The van der Waals surface area contributed by atoms with E-state index in [1.165, 1.54) is 77.0 Å². The number of carbonyl (C=O) groups excluding carboxylic acids is 2. The molecule has 1 heterocycles. The Hall–Kier alpha value is -3.94. The second-order valence-corrected chi connectivity index (χ2v) is 22.5. The molecule has 0 aromatic heterocycles. The van der Waals surface area contributed by atoms with Crippen molar-refractivity contribution in [3.63, 3.8) is 0 Å². The number of carbonyl (C=O) groups is 2. The first kappa shape index (κ1) is 77.1. The van der Waals surface area contributed by atoms with Crippen molar-refractivity contribution in [2.45, 2.75) is 307 Å². The number of nitrogens with one attached hydrogen (secondary N) is 1. The fourth-order valence-electron chi connectivity index (χ4n) is 9.60. The number of hydrogen-bond donors (Lipinski definition) is 6. The van der Waals surface area contributed by atoms with Crippen molar-refractivity contribution >= 4 is 11.9 Å². The molecule has 8 atom stereocenters. The van der Waals surface area contributed by atoms with Gasteiger partial charge in [0.25, 0.3) is 0 Å². The standard InChI is InChI=1S/C72H121NO10/c1-4-7-10-13-16-19-22-24-26-28-30-32-33-34-36-38-40-42-45-48-51-54-57-60-67(77)83-70-69(79)68(78)66(61-74)82-72(70)81-62-63(64(75)58-55-52-49-46-43-21-18-15-12-9-6-3)73-71(80)65(76)59-56-53-50-47-44-41-39-37-35-31-29-27-25-23-20-17-14-11-8-5-2/h7,10,16-17,19-20,24-27,30-32,34-36,40,42,55,58,63-66,68-70,72,74-76,78-79H,4-6,8-9,11-15,18,21-23,28-29,33,37-39,41,43-54,56-57,59-62H2,1-3H3,(H,73,80)/b10-7-,19-16-,20-17-,26-24-,27-25-,32-30-,35-31-,36-34-,42-40-,58-55+. The van der Waals surface area contributed by atoms with E-state index in [0.717, 1.165) is 135 Å². The fraction of sp³-hybridized carbons (Fsp3) is 0.694. The number of amides is 1. The summed E-state index contributed by atoms with van der Waals surface area (Å²) in [5, 5.41) is 57.1. The molecule has 1 rings (SSSR count). The van der Waals surface area contributed by atoms with Crippen molar-refractivity contribution in [1.82, 2.24) is 5.32 Å². The molecule has 0 aromatic carbocycles. The molecule has 8 unspecified atom stereocenters. The van der Waals surface area contributed by atoms with Crippen LogP contribution >= 0.6 is 0 Å². The third-order valence-electron chi connectivity index (χ3n) is 14.8. The number of allylic oxidation sites excluding steroid dienone is 19. The molecule has 0 radical (unpaired) electrons. The first-order valence-corrected chi connectivity index (χ1v) is 33.3. The smallest absolute Gasteiger partial charge is 0.306 e. The Morgan fingerprint density at radius 3 is 1.33 bits per heavy atom. The van der Waals surface area contributed by atoms with E-state index in [0.29, 0.717) is 12.8 Å². The van der Waals surface area contributed by atoms with Crippen LogP contribution in [0.15, 0.2) is 122 Å². The highest BCUT2D eigenvalue weighted by Gasteiger charge is 2.47. The van der Waals surface area contributed by atoms with Crippen LogP contribution in [0.1, 0.15) is 258 Å². The molecule has 1 aliphatic heterocycles. The normalized spacial score (nSPS) is 19.3. The van der Waals surface area contributed by atoms with Gasteiger partial charge >= 0.3 is 5.97 Å². The Morgan fingerprint density at radius 2 is 0.867 bits per heavy atom. The number of aliphatic hydroxyl groups excluding tert-OH is 5. The van der Waals surface area contributed by atoms with E-state index in [1.807, 2.05) is 6.08 Å². The van der Waals surface area contributed by atoms with Crippen molar-refractivity contribution < 1.29 is 49.3 Å². The second-order valence-electron chi connectivity index (χ2n) is 22.5. The minimum absolute atomic E-state index is 0.0861. The van der Waals surface area contributed by atoms with Gasteiger partial charge in [-0.05, 0) is 116 Å². The SMILES string of the molecule is CC/C=C\C/C=C\C/C=C\C/C=C\C/C=C\C/C=C\CCCCCCC(=O)OC1C(OCC(NC(=O)C(O)CCCCCCCCC/C=C\C/C=C\C/C=C\CCCCC)C(O)/C=C/CCCCCCCCCCC)OC(CO)C(O)C1O. The first-order valence-electron chi connectivity index (χ1n) is 33.3. The maximum Gasteiger partial charge on any atom is 0.306 e. The summed E-state index contributed by atoms with van der Waals surface area (Å²) in [6, 6.07) is -1.04. The monoisotopic (exact) mass is 1160 g/mol. The lowest BCUT2D eigenvalue weighted by molar-refractivity contribution is -0.305. The molecular weight excluding hydrogens is 1040 g/mol. The maximum atomic E-state index is 13.4. The van der Waals surface area contributed by atoms with Crippen LogP contribution in [-0.2, 0) is 23.8 Å². The number of aliphatic hydroxyl groups is 5. The Balaban J connectivity index is 2.64. The van der Waals surface area contributed by atoms with E-state index in [9.17, 15) is 35.1 Å². The molecule has 0 bridgehead atoms. The lowest BCUT2D eigenvalue weighted by Gasteiger charge is -2.41. The van der Waals surface area contributed by atoms with Crippen LogP contribution in [0, 0.1) is 0 Å². The van der Waals surface area contributed by atoms with E-state index < -0.39 is 67.4 Å². The summed E-state index contributed by atoms with van der Waals surface area (Å²) < 4.78 is 17.6. The number of esters is 1. The second kappa shape index (κ2) is 58.4. The fourth-order valence-corrected chi connectivity index (χ4v) is 9.60. The van der Waals surface area contributed by atoms with Crippen LogP contribution < -0.4 is 5.32 Å². The highest BCUT2D eigenvalue weighted by atomic mass is 16.7. The molecule has 11 heteroatoms. The molecule has 1 fully saturated rings. The molecule has 0 aliphatic carbocycles. The zero-order valence-corrected chi connectivity index (χ0v) is 52.5. The van der Waals surface area contributed by atoms with Gasteiger partial charge in [-0.3, -0.25) is 9.59 Å². The van der Waals surface area contributed by atoms with Crippen LogP contribution in [0.2, 0.25) is 0 Å². The van der Waals surface area contributed by atoms with Crippen molar-refractivity contribution in [2.24, 2.45) is 0 Å². The van der Waals surface area contributed by atoms with Gasteiger partial charge in [-0.15, -0.1) is 0 Å². The van der Waals surface area contributed by atoms with Gasteiger partial charge in [0, 0.05) is 6.42 Å². The highest BCUT2D eigenvalue weighted by molar-refractivity contribution is 5.80. The van der Waals surface area contributed by atoms with Gasteiger partial charge in [-0.2, -0.15) is 0 Å². The van der Waals surface area contributed by atoms with Crippen LogP contribution in [0.4, 0.5) is 0 Å². The van der Waals surface area contributed by atoms with Gasteiger partial charge in [-0.25, -0.2) is 0 Å². The molecule has 0 saturated carbocycles. The van der Waals surface area contributed by atoms with Crippen LogP contribution in [-0.4, -0.2) is 99.6 Å². The largest absolute Gasteiger partial charge is 0.454 e. The van der Waals surface area contributed by atoms with E-state index in [2.05, 4.69) is 135 Å². The molecule has 0 spiro atoms. The minimum Gasteiger partial charge on any atom is -0.454 e. The Morgan fingerprint density at radius 1 is 0.482 bits per heavy atom. The van der Waals surface area contributed by atoms with Crippen molar-refractivity contribution in [3.8, 4) is 0 Å². The summed E-state index contributed by atoms with van der Waals surface area (Å²) >= 11 is 0. The van der Waals surface area contributed by atoms with Crippen molar-refractivity contribution in [2.75, 3.05) is 13.2 Å². The van der Waals surface area contributed by atoms with Gasteiger partial charge in [0.2, 0.25) is 5.91 Å². The van der Waals surface area contributed by atoms with Gasteiger partial charge in [0.1, 0.15) is 24.4 Å². The predicted molar refractivity (Wildman–Crippen MR) is 347 cm³/mol. The summed E-state index contributed by atoms with van der Waals surface area (Å²) in [6.45, 7) is 5.62. The minimum atomic E-state index is -1.63. The van der Waals surface area contributed by atoms with E-state index in [-0.39, 0.29) is 19.4 Å². The number of unbranched alkanes of at least 4 members (excludes halogenated alkanes) is 23. The summed E-state index contributed by atoms with van der Waals surface area (Å²) in [7, 11) is 0. The van der Waals surface area contributed by atoms with E-state index in [1.54, 1.807) is 6.08 Å². The van der Waals surface area contributed by atoms with Gasteiger partial charge < -0.3 is 45.1 Å². The molecule has 1 aliphatic rings. The predicted octanol–water partition coefficient (Wildman–Crippen LogP) is 16.6. The van der Waals surface area contributed by atoms with Crippen LogP contribution in [0.25, 0.3) is 0 Å². The van der Waals surface area contributed by atoms with E-state index >= 15 is 0 Å². The topological polar surface area (TPSA) is 175 Å². The number of hydrogen-bond acceptors (Lipinski definition) is 10. The third-order valence-corrected chi connectivity index (χ3v) is 14.8. The first-order chi connectivity index (χ1) is 40.7. The van der Waals surface area contributed by atoms with Crippen molar-refractivity contribution in [3.05, 3.63) is 122 Å². The lowest BCUT2D eigenvalue weighted by Crippen LogP contribution is -2.61. The average Bonchev–Trinajstić information content (AvgIpc) is 3.68. The summed E-state index contributed by atoms with van der Waals surface area (Å²) in [6.07, 6.45) is 70.8. The summed E-state index contributed by atoms with van der Waals surface area (Å²) in [5.74, 6) is -1.24. The highest BCUT2D eigenvalue weighted by Crippen LogP contribution is 2.26. The average molecular weight is 1160 g/mol.